The van der Waals surface area contributed by atoms with E-state index in [9.17, 15) is 8.78 Å². The third-order valence-corrected chi connectivity index (χ3v) is 2.62. The summed E-state index contributed by atoms with van der Waals surface area (Å²) >= 11 is 0. The number of hydrogen-bond acceptors (Lipinski definition) is 2. The molecule has 0 amide bonds. The molecule has 90 valence electrons. The van der Waals surface area contributed by atoms with Crippen LogP contribution < -0.4 is 5.73 Å². The molecule has 0 radical (unpaired) electrons. The third-order valence-electron chi connectivity index (χ3n) is 2.62. The first-order chi connectivity index (χ1) is 8.22. The molecule has 0 saturated carbocycles. The molecule has 0 spiro atoms. The van der Waals surface area contributed by atoms with Crippen molar-refractivity contribution in [2.24, 2.45) is 5.73 Å². The van der Waals surface area contributed by atoms with Gasteiger partial charge in [-0.15, -0.1) is 0 Å². The van der Waals surface area contributed by atoms with Crippen molar-refractivity contribution in [3.05, 3.63) is 42.1 Å². The topological polar surface area (TPSA) is 54.7 Å². The lowest BCUT2D eigenvalue weighted by Crippen LogP contribution is -2.19. The molecule has 0 aliphatic rings. The summed E-state index contributed by atoms with van der Waals surface area (Å²) in [6.45, 7) is -0.103. The molecule has 0 aliphatic carbocycles. The molecule has 0 aliphatic heterocycles. The summed E-state index contributed by atoms with van der Waals surface area (Å²) < 4.78 is 25.3. The van der Waals surface area contributed by atoms with Gasteiger partial charge in [0.25, 0.3) is 0 Å². The van der Waals surface area contributed by atoms with Gasteiger partial charge < -0.3 is 5.73 Å². The number of nitrogens with one attached hydrogen (secondary N) is 1. The second-order valence-corrected chi connectivity index (χ2v) is 3.75. The summed E-state index contributed by atoms with van der Waals surface area (Å²) in [5.74, 6) is -0.986. The molecule has 1 unspecified atom stereocenters. The van der Waals surface area contributed by atoms with Crippen LogP contribution in [0.4, 0.5) is 8.78 Å². The highest BCUT2D eigenvalue weighted by Gasteiger charge is 2.23. The minimum absolute atomic E-state index is 0.103. The van der Waals surface area contributed by atoms with Crippen LogP contribution in [0.25, 0.3) is 11.3 Å². The summed E-state index contributed by atoms with van der Waals surface area (Å²) in [6.07, 6.45) is -2.48. The first-order valence-electron chi connectivity index (χ1n) is 5.31. The van der Waals surface area contributed by atoms with Crippen LogP contribution in [-0.2, 0) is 0 Å². The minimum atomic E-state index is -2.48. The van der Waals surface area contributed by atoms with Gasteiger partial charge in [0.1, 0.15) is 0 Å². The van der Waals surface area contributed by atoms with Crippen molar-refractivity contribution in [1.82, 2.24) is 10.2 Å². The summed E-state index contributed by atoms with van der Waals surface area (Å²) in [7, 11) is 0. The van der Waals surface area contributed by atoms with Crippen molar-refractivity contribution in [3.8, 4) is 11.3 Å². The van der Waals surface area contributed by atoms with E-state index in [1.165, 1.54) is 0 Å². The van der Waals surface area contributed by atoms with E-state index >= 15 is 0 Å². The lowest BCUT2D eigenvalue weighted by Gasteiger charge is -2.10. The maximum Gasteiger partial charge on any atom is 0.248 e. The zero-order valence-corrected chi connectivity index (χ0v) is 9.11. The second-order valence-electron chi connectivity index (χ2n) is 3.75. The Hall–Kier alpha value is -1.75. The van der Waals surface area contributed by atoms with Crippen LogP contribution in [0.15, 0.2) is 36.4 Å². The summed E-state index contributed by atoms with van der Waals surface area (Å²) in [4.78, 5) is 0. The van der Waals surface area contributed by atoms with Crippen molar-refractivity contribution in [3.63, 3.8) is 0 Å². The van der Waals surface area contributed by atoms with Gasteiger partial charge in [-0.1, -0.05) is 30.3 Å². The smallest absolute Gasteiger partial charge is 0.248 e. The molecular weight excluding hydrogens is 224 g/mol. The van der Waals surface area contributed by atoms with Gasteiger partial charge in [-0.2, -0.15) is 5.10 Å². The van der Waals surface area contributed by atoms with Gasteiger partial charge in [-0.25, -0.2) is 8.78 Å². The summed E-state index contributed by atoms with van der Waals surface area (Å²) in [5, 5.41) is 6.65. The molecule has 2 aromatic rings. The minimum Gasteiger partial charge on any atom is -0.330 e. The van der Waals surface area contributed by atoms with Crippen LogP contribution in [0.3, 0.4) is 0 Å². The van der Waals surface area contributed by atoms with Crippen LogP contribution in [0.2, 0.25) is 0 Å². The van der Waals surface area contributed by atoms with Crippen LogP contribution in [-0.4, -0.2) is 23.2 Å². The predicted molar refractivity (Wildman–Crippen MR) is 61.8 cm³/mol. The Labute approximate surface area is 97.7 Å². The number of aromatic amines is 1. The van der Waals surface area contributed by atoms with Crippen LogP contribution in [0.5, 0.6) is 0 Å². The van der Waals surface area contributed by atoms with Crippen molar-refractivity contribution in [2.75, 3.05) is 6.54 Å². The lowest BCUT2D eigenvalue weighted by atomic mass is 10.1. The monoisotopic (exact) mass is 237 g/mol. The highest BCUT2D eigenvalue weighted by atomic mass is 19.3. The van der Waals surface area contributed by atoms with E-state index in [2.05, 4.69) is 10.2 Å². The SMILES string of the molecule is NCC(c1cc(-c2ccccc2)n[nH]1)C(F)F. The number of aromatic nitrogens is 2. The van der Waals surface area contributed by atoms with E-state index in [1.54, 1.807) is 6.07 Å². The summed E-state index contributed by atoms with van der Waals surface area (Å²) in [5.41, 5.74) is 7.24. The fourth-order valence-corrected chi connectivity index (χ4v) is 1.65. The van der Waals surface area contributed by atoms with Gasteiger partial charge in [-0.05, 0) is 6.07 Å². The van der Waals surface area contributed by atoms with Gasteiger partial charge in [-0.3, -0.25) is 5.10 Å². The number of nitrogens with zero attached hydrogens (tertiary/aromatic N) is 1. The number of H-pyrrole nitrogens is 1. The van der Waals surface area contributed by atoms with E-state index in [-0.39, 0.29) is 6.54 Å². The Bertz CT molecular complexity index is 468. The molecule has 1 aromatic heterocycles. The van der Waals surface area contributed by atoms with E-state index in [4.69, 9.17) is 5.73 Å². The molecule has 1 aromatic carbocycles. The predicted octanol–water partition coefficient (Wildman–Crippen LogP) is 2.38. The maximum atomic E-state index is 12.7. The van der Waals surface area contributed by atoms with E-state index in [0.29, 0.717) is 11.4 Å². The number of halogens is 2. The number of hydrogen-bond donors (Lipinski definition) is 2. The molecule has 3 N–H and O–H groups in total. The highest BCUT2D eigenvalue weighted by molar-refractivity contribution is 5.59. The molecule has 0 fully saturated rings. The zero-order valence-electron chi connectivity index (χ0n) is 9.11. The molecule has 17 heavy (non-hydrogen) atoms. The fraction of sp³-hybridized carbons (Fsp3) is 0.250. The van der Waals surface area contributed by atoms with Gasteiger partial charge in [0.15, 0.2) is 0 Å². The fourth-order valence-electron chi connectivity index (χ4n) is 1.65. The average Bonchev–Trinajstić information content (AvgIpc) is 2.80. The van der Waals surface area contributed by atoms with Gasteiger partial charge in [0, 0.05) is 17.8 Å². The molecule has 1 atom stereocenters. The first kappa shape index (κ1) is 11.7. The standard InChI is InChI=1S/C12H13F2N3/c13-12(14)9(7-15)11-6-10(16-17-11)8-4-2-1-3-5-8/h1-6,9,12H,7,15H2,(H,16,17). The van der Waals surface area contributed by atoms with E-state index < -0.39 is 12.3 Å². The zero-order chi connectivity index (χ0) is 12.3. The molecule has 2 rings (SSSR count). The van der Waals surface area contributed by atoms with Gasteiger partial charge in [0.2, 0.25) is 6.43 Å². The molecule has 3 nitrogen and oxygen atoms in total. The normalized spacial score (nSPS) is 12.9. The van der Waals surface area contributed by atoms with Crippen molar-refractivity contribution >= 4 is 0 Å². The van der Waals surface area contributed by atoms with E-state index in [1.807, 2.05) is 30.3 Å². The van der Waals surface area contributed by atoms with Gasteiger partial charge in [0.05, 0.1) is 11.6 Å². The van der Waals surface area contributed by atoms with Crippen LogP contribution in [0.1, 0.15) is 11.6 Å². The van der Waals surface area contributed by atoms with Crippen LogP contribution in [0, 0.1) is 0 Å². The average molecular weight is 237 g/mol. The quantitative estimate of drug-likeness (QED) is 0.857. The van der Waals surface area contributed by atoms with Crippen LogP contribution >= 0.6 is 0 Å². The molecule has 0 bridgehead atoms. The molecule has 5 heteroatoms. The molecule has 1 heterocycles. The Morgan fingerprint density at radius 3 is 2.53 bits per heavy atom. The Kier molecular flexibility index (Phi) is 3.49. The van der Waals surface area contributed by atoms with Gasteiger partial charge >= 0.3 is 0 Å². The van der Waals surface area contributed by atoms with E-state index in [0.717, 1.165) is 5.56 Å². The number of benzene rings is 1. The maximum absolute atomic E-state index is 12.7. The first-order valence-corrected chi connectivity index (χ1v) is 5.31. The second kappa shape index (κ2) is 5.05. The van der Waals surface area contributed by atoms with Crippen molar-refractivity contribution in [2.45, 2.75) is 12.3 Å². The Balaban J connectivity index is 2.27. The summed E-state index contributed by atoms with van der Waals surface area (Å²) in [6, 6.07) is 11.0. The third kappa shape index (κ3) is 2.50. The Morgan fingerprint density at radius 2 is 1.94 bits per heavy atom. The number of rotatable bonds is 4. The highest BCUT2D eigenvalue weighted by Crippen LogP contribution is 2.24. The lowest BCUT2D eigenvalue weighted by molar-refractivity contribution is 0.115. The van der Waals surface area contributed by atoms with Crippen molar-refractivity contribution in [1.29, 1.82) is 0 Å². The number of nitrogens with two attached hydrogens (primary N) is 1. The van der Waals surface area contributed by atoms with Crippen molar-refractivity contribution < 1.29 is 8.78 Å². The molecular formula is C12H13F2N3. The Morgan fingerprint density at radius 1 is 1.24 bits per heavy atom. The largest absolute Gasteiger partial charge is 0.330 e. The molecule has 0 saturated heterocycles. The number of alkyl halides is 2.